The van der Waals surface area contributed by atoms with Crippen LogP contribution in [0.15, 0.2) is 66.2 Å². The highest BCUT2D eigenvalue weighted by Gasteiger charge is 1.97. The van der Waals surface area contributed by atoms with Gasteiger partial charge in [-0.3, -0.25) is 4.79 Å². The van der Waals surface area contributed by atoms with Gasteiger partial charge < -0.3 is 5.32 Å². The smallest absolute Gasteiger partial charge is 0.146 e. The highest BCUT2D eigenvalue weighted by molar-refractivity contribution is 5.81. The summed E-state index contributed by atoms with van der Waals surface area (Å²) in [6.45, 7) is 0.751. The van der Waals surface area contributed by atoms with Gasteiger partial charge in [-0.05, 0) is 35.8 Å². The van der Waals surface area contributed by atoms with Gasteiger partial charge in [0.15, 0.2) is 0 Å². The van der Waals surface area contributed by atoms with E-state index >= 15 is 0 Å². The number of anilines is 1. The van der Waals surface area contributed by atoms with Gasteiger partial charge in [-0.25, -0.2) is 0 Å². The Labute approximate surface area is 113 Å². The first kappa shape index (κ1) is 13.1. The minimum atomic E-state index is 0.716. The molecule has 0 aliphatic carbocycles. The van der Waals surface area contributed by atoms with E-state index in [2.05, 4.69) is 5.32 Å². The summed E-state index contributed by atoms with van der Waals surface area (Å²) in [6.07, 6.45) is 3.58. The van der Waals surface area contributed by atoms with Crippen LogP contribution in [0, 0.1) is 0 Å². The Morgan fingerprint density at radius 2 is 1.58 bits per heavy atom. The van der Waals surface area contributed by atoms with Gasteiger partial charge in [-0.15, -0.1) is 0 Å². The fourth-order valence-corrected chi connectivity index (χ4v) is 1.84. The van der Waals surface area contributed by atoms with Crippen molar-refractivity contribution in [3.63, 3.8) is 0 Å². The van der Waals surface area contributed by atoms with Crippen molar-refractivity contribution in [1.29, 1.82) is 0 Å². The molecule has 2 heteroatoms. The SMILES string of the molecule is O=CC(=Cc1ccccc1)CCNc1ccccc1. The van der Waals surface area contributed by atoms with Crippen LogP contribution in [0.25, 0.3) is 6.08 Å². The molecule has 0 saturated heterocycles. The number of carbonyl (C=O) groups is 1. The molecule has 0 spiro atoms. The Kier molecular flexibility index (Phi) is 4.94. The van der Waals surface area contributed by atoms with Crippen LogP contribution in [0.2, 0.25) is 0 Å². The topological polar surface area (TPSA) is 29.1 Å². The summed E-state index contributed by atoms with van der Waals surface area (Å²) in [4.78, 5) is 11.1. The second-order valence-corrected chi connectivity index (χ2v) is 4.29. The normalized spacial score (nSPS) is 11.1. The molecule has 2 rings (SSSR count). The van der Waals surface area contributed by atoms with Crippen molar-refractivity contribution in [2.75, 3.05) is 11.9 Å². The summed E-state index contributed by atoms with van der Waals surface area (Å²) < 4.78 is 0. The Balaban J connectivity index is 1.90. The lowest BCUT2D eigenvalue weighted by Crippen LogP contribution is -2.03. The van der Waals surface area contributed by atoms with E-state index in [1.807, 2.05) is 66.7 Å². The van der Waals surface area contributed by atoms with Crippen molar-refractivity contribution in [2.24, 2.45) is 0 Å². The average Bonchev–Trinajstić information content (AvgIpc) is 2.48. The third-order valence-corrected chi connectivity index (χ3v) is 2.82. The van der Waals surface area contributed by atoms with Crippen molar-refractivity contribution in [1.82, 2.24) is 0 Å². The fourth-order valence-electron chi connectivity index (χ4n) is 1.84. The molecule has 0 radical (unpaired) electrons. The average molecular weight is 251 g/mol. The minimum absolute atomic E-state index is 0.716. The van der Waals surface area contributed by atoms with E-state index in [-0.39, 0.29) is 0 Å². The number of nitrogens with one attached hydrogen (secondary N) is 1. The molecule has 0 heterocycles. The van der Waals surface area contributed by atoms with Gasteiger partial charge in [0.25, 0.3) is 0 Å². The summed E-state index contributed by atoms with van der Waals surface area (Å²) in [6, 6.07) is 19.9. The quantitative estimate of drug-likeness (QED) is 0.625. The van der Waals surface area contributed by atoms with Crippen LogP contribution < -0.4 is 5.32 Å². The van der Waals surface area contributed by atoms with Crippen molar-refractivity contribution in [3.8, 4) is 0 Å². The molecular weight excluding hydrogens is 234 g/mol. The van der Waals surface area contributed by atoms with E-state index in [0.29, 0.717) is 6.42 Å². The molecular formula is C17H17NO. The molecule has 1 N–H and O–H groups in total. The van der Waals surface area contributed by atoms with Gasteiger partial charge >= 0.3 is 0 Å². The van der Waals surface area contributed by atoms with Crippen LogP contribution in [-0.4, -0.2) is 12.8 Å². The predicted molar refractivity (Wildman–Crippen MR) is 80.0 cm³/mol. The van der Waals surface area contributed by atoms with Gasteiger partial charge in [-0.2, -0.15) is 0 Å². The standard InChI is InChI=1S/C17H17NO/c19-14-16(13-15-7-3-1-4-8-15)11-12-18-17-9-5-2-6-10-17/h1-10,13-14,18H,11-12H2. The zero-order chi connectivity index (χ0) is 13.3. The van der Waals surface area contributed by atoms with Gasteiger partial charge in [0.05, 0.1) is 0 Å². The van der Waals surface area contributed by atoms with E-state index in [1.54, 1.807) is 0 Å². The van der Waals surface area contributed by atoms with E-state index in [4.69, 9.17) is 0 Å². The van der Waals surface area contributed by atoms with E-state index in [0.717, 1.165) is 29.7 Å². The molecule has 0 fully saturated rings. The molecule has 19 heavy (non-hydrogen) atoms. The van der Waals surface area contributed by atoms with Gasteiger partial charge in [0, 0.05) is 12.2 Å². The minimum Gasteiger partial charge on any atom is -0.385 e. The lowest BCUT2D eigenvalue weighted by Gasteiger charge is -2.05. The second kappa shape index (κ2) is 7.17. The highest BCUT2D eigenvalue weighted by atomic mass is 16.1. The summed E-state index contributed by atoms with van der Waals surface area (Å²) in [7, 11) is 0. The molecule has 0 amide bonds. The van der Waals surface area contributed by atoms with Crippen LogP contribution in [0.5, 0.6) is 0 Å². The fraction of sp³-hybridized carbons (Fsp3) is 0.118. The van der Waals surface area contributed by atoms with Crippen LogP contribution in [-0.2, 0) is 4.79 Å². The maximum Gasteiger partial charge on any atom is 0.146 e. The molecule has 2 aromatic rings. The number of para-hydroxylation sites is 1. The first-order valence-electron chi connectivity index (χ1n) is 6.38. The molecule has 96 valence electrons. The lowest BCUT2D eigenvalue weighted by atomic mass is 10.1. The molecule has 0 atom stereocenters. The zero-order valence-corrected chi connectivity index (χ0v) is 10.8. The molecule has 2 aromatic carbocycles. The lowest BCUT2D eigenvalue weighted by molar-refractivity contribution is -0.104. The third-order valence-electron chi connectivity index (χ3n) is 2.82. The van der Waals surface area contributed by atoms with Gasteiger partial charge in [-0.1, -0.05) is 48.5 Å². The molecule has 0 aliphatic rings. The maximum atomic E-state index is 11.1. The summed E-state index contributed by atoms with van der Waals surface area (Å²) in [5.41, 5.74) is 2.94. The number of hydrogen-bond donors (Lipinski definition) is 1. The van der Waals surface area contributed by atoms with Crippen LogP contribution in [0.4, 0.5) is 5.69 Å². The molecule has 0 saturated carbocycles. The number of rotatable bonds is 6. The van der Waals surface area contributed by atoms with Gasteiger partial charge in [0.2, 0.25) is 0 Å². The number of carbonyl (C=O) groups excluding carboxylic acids is 1. The molecule has 0 aromatic heterocycles. The number of benzene rings is 2. The summed E-state index contributed by atoms with van der Waals surface area (Å²) in [5.74, 6) is 0. The summed E-state index contributed by atoms with van der Waals surface area (Å²) >= 11 is 0. The number of aldehydes is 1. The van der Waals surface area contributed by atoms with Crippen LogP contribution in [0.3, 0.4) is 0 Å². The highest BCUT2D eigenvalue weighted by Crippen LogP contribution is 2.09. The predicted octanol–water partition coefficient (Wildman–Crippen LogP) is 3.77. The van der Waals surface area contributed by atoms with Crippen molar-refractivity contribution in [3.05, 3.63) is 71.8 Å². The zero-order valence-electron chi connectivity index (χ0n) is 10.8. The summed E-state index contributed by atoms with van der Waals surface area (Å²) in [5, 5.41) is 3.30. The Morgan fingerprint density at radius 3 is 2.21 bits per heavy atom. The monoisotopic (exact) mass is 251 g/mol. The first-order valence-corrected chi connectivity index (χ1v) is 6.38. The molecule has 2 nitrogen and oxygen atoms in total. The molecule has 0 unspecified atom stereocenters. The largest absolute Gasteiger partial charge is 0.385 e. The first-order chi connectivity index (χ1) is 9.38. The Bertz CT molecular complexity index is 532. The van der Waals surface area contributed by atoms with E-state index in [1.165, 1.54) is 0 Å². The second-order valence-electron chi connectivity index (χ2n) is 4.29. The van der Waals surface area contributed by atoms with E-state index < -0.39 is 0 Å². The Hall–Kier alpha value is -2.35. The maximum absolute atomic E-state index is 11.1. The number of hydrogen-bond acceptors (Lipinski definition) is 2. The molecule has 0 aliphatic heterocycles. The van der Waals surface area contributed by atoms with Crippen LogP contribution >= 0.6 is 0 Å². The van der Waals surface area contributed by atoms with Crippen LogP contribution in [0.1, 0.15) is 12.0 Å². The third kappa shape index (κ3) is 4.43. The van der Waals surface area contributed by atoms with Crippen molar-refractivity contribution >= 4 is 18.0 Å². The van der Waals surface area contributed by atoms with Crippen molar-refractivity contribution in [2.45, 2.75) is 6.42 Å². The van der Waals surface area contributed by atoms with E-state index in [9.17, 15) is 4.79 Å². The van der Waals surface area contributed by atoms with Gasteiger partial charge in [0.1, 0.15) is 6.29 Å². The van der Waals surface area contributed by atoms with Crippen molar-refractivity contribution < 1.29 is 4.79 Å². The Morgan fingerprint density at radius 1 is 0.947 bits per heavy atom. The molecule has 0 bridgehead atoms.